The van der Waals surface area contributed by atoms with Crippen molar-refractivity contribution in [2.45, 2.75) is 37.8 Å². The monoisotopic (exact) mass is 298 g/mol. The third kappa shape index (κ3) is 4.20. The number of piperidine rings is 1. The van der Waals surface area contributed by atoms with Crippen molar-refractivity contribution in [2.24, 2.45) is 0 Å². The molecule has 2 rings (SSSR count). The molecule has 0 aliphatic carbocycles. The summed E-state index contributed by atoms with van der Waals surface area (Å²) in [6.45, 7) is 3.06. The fourth-order valence-corrected chi connectivity index (χ4v) is 2.43. The van der Waals surface area contributed by atoms with E-state index in [4.69, 9.17) is 0 Å². The molecule has 3 N–H and O–H groups in total. The number of amides is 1. The highest BCUT2D eigenvalue weighted by atomic mass is 35.5. The van der Waals surface area contributed by atoms with Gasteiger partial charge in [0.15, 0.2) is 0 Å². The molecule has 1 aromatic carbocycles. The molecule has 0 aromatic heterocycles. The maximum atomic E-state index is 12.2. The zero-order chi connectivity index (χ0) is 13.7. The maximum Gasteiger partial charge on any atom is 0.240 e. The Morgan fingerprint density at radius 3 is 2.70 bits per heavy atom. The fourth-order valence-electron chi connectivity index (χ4n) is 2.43. The second kappa shape index (κ2) is 7.62. The van der Waals surface area contributed by atoms with Gasteiger partial charge in [-0.3, -0.25) is 4.79 Å². The Kier molecular flexibility index (Phi) is 6.46. The summed E-state index contributed by atoms with van der Waals surface area (Å²) in [5.74, 6) is -0.0258. The van der Waals surface area contributed by atoms with E-state index in [1.807, 2.05) is 37.3 Å². The third-order valence-corrected chi connectivity index (χ3v) is 3.76. The highest BCUT2D eigenvalue weighted by molar-refractivity contribution is 5.86. The summed E-state index contributed by atoms with van der Waals surface area (Å²) in [6, 6.07) is 9.38. The highest BCUT2D eigenvalue weighted by Gasteiger charge is 2.34. The molecule has 5 heteroatoms. The first-order valence-corrected chi connectivity index (χ1v) is 6.88. The zero-order valence-electron chi connectivity index (χ0n) is 11.8. The molecule has 4 nitrogen and oxygen atoms in total. The van der Waals surface area contributed by atoms with E-state index in [0.29, 0.717) is 0 Å². The molecule has 2 unspecified atom stereocenters. The van der Waals surface area contributed by atoms with Crippen LogP contribution in [0.3, 0.4) is 0 Å². The number of halogens is 1. The van der Waals surface area contributed by atoms with Crippen LogP contribution in [0.5, 0.6) is 0 Å². The molecule has 20 heavy (non-hydrogen) atoms. The first-order chi connectivity index (χ1) is 9.12. The largest absolute Gasteiger partial charge is 0.387 e. The van der Waals surface area contributed by atoms with Crippen LogP contribution in [0.4, 0.5) is 0 Å². The van der Waals surface area contributed by atoms with Gasteiger partial charge in [0, 0.05) is 6.54 Å². The van der Waals surface area contributed by atoms with E-state index in [2.05, 4.69) is 10.6 Å². The summed E-state index contributed by atoms with van der Waals surface area (Å²) in [5.41, 5.74) is 0.332. The topological polar surface area (TPSA) is 61.4 Å². The van der Waals surface area contributed by atoms with Crippen molar-refractivity contribution in [3.8, 4) is 0 Å². The van der Waals surface area contributed by atoms with E-state index in [9.17, 15) is 9.90 Å². The number of carbonyl (C=O) groups excluding carboxylic acids is 1. The van der Waals surface area contributed by atoms with Crippen molar-refractivity contribution in [2.75, 3.05) is 13.1 Å². The molecule has 1 aliphatic rings. The van der Waals surface area contributed by atoms with Crippen LogP contribution < -0.4 is 10.6 Å². The predicted molar refractivity (Wildman–Crippen MR) is 81.9 cm³/mol. The first-order valence-electron chi connectivity index (χ1n) is 6.88. The number of aliphatic hydroxyl groups is 1. The van der Waals surface area contributed by atoms with Crippen LogP contribution in [-0.2, 0) is 4.79 Å². The third-order valence-electron chi connectivity index (χ3n) is 3.76. The molecule has 0 spiro atoms. The van der Waals surface area contributed by atoms with Gasteiger partial charge in [-0.2, -0.15) is 0 Å². The van der Waals surface area contributed by atoms with Gasteiger partial charge in [0.2, 0.25) is 5.91 Å². The Bertz CT molecular complexity index is 419. The Morgan fingerprint density at radius 1 is 1.40 bits per heavy atom. The summed E-state index contributed by atoms with van der Waals surface area (Å²) in [7, 11) is 0. The van der Waals surface area contributed by atoms with E-state index in [1.165, 1.54) is 0 Å². The van der Waals surface area contributed by atoms with Crippen LogP contribution in [0.25, 0.3) is 0 Å². The fraction of sp³-hybridized carbons (Fsp3) is 0.533. The van der Waals surface area contributed by atoms with Crippen molar-refractivity contribution in [3.63, 3.8) is 0 Å². The Morgan fingerprint density at radius 2 is 2.10 bits per heavy atom. The van der Waals surface area contributed by atoms with Gasteiger partial charge < -0.3 is 15.7 Å². The van der Waals surface area contributed by atoms with Gasteiger partial charge in [0.25, 0.3) is 0 Å². The summed E-state index contributed by atoms with van der Waals surface area (Å²) in [4.78, 5) is 12.2. The smallest absolute Gasteiger partial charge is 0.240 e. The molecule has 0 saturated carbocycles. The number of hydrogen-bond donors (Lipinski definition) is 3. The van der Waals surface area contributed by atoms with Crippen LogP contribution in [0.1, 0.15) is 37.9 Å². The van der Waals surface area contributed by atoms with Crippen molar-refractivity contribution in [1.29, 1.82) is 0 Å². The summed E-state index contributed by atoms with van der Waals surface area (Å²) < 4.78 is 0. The molecule has 112 valence electrons. The van der Waals surface area contributed by atoms with Crippen molar-refractivity contribution in [1.82, 2.24) is 10.6 Å². The Labute approximate surface area is 126 Å². The van der Waals surface area contributed by atoms with E-state index in [-0.39, 0.29) is 24.9 Å². The lowest BCUT2D eigenvalue weighted by molar-refractivity contribution is -0.128. The molecular weight excluding hydrogens is 276 g/mol. The summed E-state index contributed by atoms with van der Waals surface area (Å²) in [6.07, 6.45) is 2.38. The minimum Gasteiger partial charge on any atom is -0.387 e. The van der Waals surface area contributed by atoms with Gasteiger partial charge in [0.05, 0.1) is 11.6 Å². The molecule has 0 bridgehead atoms. The van der Waals surface area contributed by atoms with Crippen LogP contribution in [0.15, 0.2) is 30.3 Å². The van der Waals surface area contributed by atoms with Gasteiger partial charge in [-0.15, -0.1) is 12.4 Å². The zero-order valence-corrected chi connectivity index (χ0v) is 12.6. The van der Waals surface area contributed by atoms with Crippen LogP contribution in [0.2, 0.25) is 0 Å². The summed E-state index contributed by atoms with van der Waals surface area (Å²) >= 11 is 0. The molecule has 1 aromatic rings. The molecule has 0 radical (unpaired) electrons. The second-order valence-electron chi connectivity index (χ2n) is 5.35. The average molecular weight is 299 g/mol. The number of benzene rings is 1. The lowest BCUT2D eigenvalue weighted by Crippen LogP contribution is -2.57. The number of nitrogens with one attached hydrogen (secondary N) is 2. The Balaban J connectivity index is 0.00000200. The normalized spacial score (nSPS) is 23.5. The SMILES string of the molecule is CC1(C(=O)NCC(O)c2ccccc2)CCCCN1.Cl. The van der Waals surface area contributed by atoms with Gasteiger partial charge in [-0.1, -0.05) is 30.3 Å². The second-order valence-corrected chi connectivity index (χ2v) is 5.35. The van der Waals surface area contributed by atoms with Crippen LogP contribution in [-0.4, -0.2) is 29.6 Å². The van der Waals surface area contributed by atoms with E-state index in [0.717, 1.165) is 31.4 Å². The average Bonchev–Trinajstić information content (AvgIpc) is 2.46. The maximum absolute atomic E-state index is 12.2. The minimum atomic E-state index is -0.655. The number of carbonyl (C=O) groups is 1. The summed E-state index contributed by atoms with van der Waals surface area (Å²) in [5, 5.41) is 16.1. The van der Waals surface area contributed by atoms with Crippen molar-refractivity contribution >= 4 is 18.3 Å². The quantitative estimate of drug-likeness (QED) is 0.794. The van der Waals surface area contributed by atoms with Gasteiger partial charge in [-0.25, -0.2) is 0 Å². The molecule has 1 fully saturated rings. The Hall–Kier alpha value is -1.10. The number of rotatable bonds is 4. The first kappa shape index (κ1) is 17.0. The van der Waals surface area contributed by atoms with Crippen LogP contribution in [0, 0.1) is 0 Å². The molecule has 1 aliphatic heterocycles. The van der Waals surface area contributed by atoms with E-state index in [1.54, 1.807) is 0 Å². The number of aliphatic hydroxyl groups excluding tert-OH is 1. The van der Waals surface area contributed by atoms with E-state index >= 15 is 0 Å². The van der Waals surface area contributed by atoms with Crippen LogP contribution >= 0.6 is 12.4 Å². The van der Waals surface area contributed by atoms with Crippen molar-refractivity contribution < 1.29 is 9.90 Å². The van der Waals surface area contributed by atoms with Gasteiger partial charge in [0.1, 0.15) is 0 Å². The lowest BCUT2D eigenvalue weighted by atomic mass is 9.90. The number of hydrogen-bond acceptors (Lipinski definition) is 3. The van der Waals surface area contributed by atoms with Crippen molar-refractivity contribution in [3.05, 3.63) is 35.9 Å². The predicted octanol–water partition coefficient (Wildman–Crippen LogP) is 1.79. The molecule has 2 atom stereocenters. The molecule has 1 heterocycles. The standard InChI is InChI=1S/C15H22N2O2.ClH/c1-15(9-5-6-10-17-15)14(19)16-11-13(18)12-7-3-2-4-8-12;/h2-4,7-8,13,17-18H,5-6,9-11H2,1H3,(H,16,19);1H. The molecular formula is C15H23ClN2O2. The van der Waals surface area contributed by atoms with E-state index < -0.39 is 11.6 Å². The van der Waals surface area contributed by atoms with Gasteiger partial charge >= 0.3 is 0 Å². The van der Waals surface area contributed by atoms with Gasteiger partial charge in [-0.05, 0) is 38.3 Å². The molecule has 1 saturated heterocycles. The highest BCUT2D eigenvalue weighted by Crippen LogP contribution is 2.19. The lowest BCUT2D eigenvalue weighted by Gasteiger charge is -2.33. The molecule has 1 amide bonds. The minimum absolute atomic E-state index is 0.